The van der Waals surface area contributed by atoms with Gasteiger partial charge in [-0.1, -0.05) is 62.5 Å². The van der Waals surface area contributed by atoms with E-state index in [0.29, 0.717) is 18.6 Å². The summed E-state index contributed by atoms with van der Waals surface area (Å²) in [5.41, 5.74) is 0. The Kier molecular flexibility index (Phi) is 9.57. The van der Waals surface area contributed by atoms with Gasteiger partial charge in [0.1, 0.15) is 11.8 Å². The number of nitrogens with one attached hydrogen (secondary N) is 1. The van der Waals surface area contributed by atoms with Crippen molar-refractivity contribution in [2.45, 2.75) is 69.3 Å². The molecule has 0 fully saturated rings. The van der Waals surface area contributed by atoms with Crippen LogP contribution in [-0.2, 0) is 19.1 Å². The van der Waals surface area contributed by atoms with E-state index in [2.05, 4.69) is 5.32 Å². The van der Waals surface area contributed by atoms with Crippen molar-refractivity contribution in [1.29, 1.82) is 0 Å². The molecule has 0 aromatic rings. The molecule has 1 heterocycles. The average molecular weight is 456 g/mol. The summed E-state index contributed by atoms with van der Waals surface area (Å²) in [5, 5.41) is 2.73. The zero-order valence-electron chi connectivity index (χ0n) is 16.9. The van der Waals surface area contributed by atoms with Crippen LogP contribution in [0.15, 0.2) is 11.8 Å². The zero-order valence-corrected chi connectivity index (χ0v) is 19.2. The van der Waals surface area contributed by atoms with Gasteiger partial charge < -0.3 is 10.1 Å². The highest BCUT2D eigenvalue weighted by atomic mass is 35.6. The third-order valence-electron chi connectivity index (χ3n) is 4.67. The molecule has 1 rings (SSSR count). The highest BCUT2D eigenvalue weighted by Gasteiger charge is 2.43. The number of imide groups is 1. The van der Waals surface area contributed by atoms with E-state index < -0.39 is 27.7 Å². The molecule has 1 N–H and O–H groups in total. The Hall–Kier alpha value is -0.980. The fourth-order valence-corrected chi connectivity index (χ4v) is 3.45. The third-order valence-corrected chi connectivity index (χ3v) is 5.23. The van der Waals surface area contributed by atoms with Crippen LogP contribution in [0.25, 0.3) is 0 Å². The number of methoxy groups -OCH3 is 1. The minimum absolute atomic E-state index is 0.214. The van der Waals surface area contributed by atoms with Crippen molar-refractivity contribution in [1.82, 2.24) is 10.2 Å². The van der Waals surface area contributed by atoms with Gasteiger partial charge in [-0.2, -0.15) is 0 Å². The molecular formula is C19H29Cl3N2O4. The Morgan fingerprint density at radius 3 is 2.36 bits per heavy atom. The van der Waals surface area contributed by atoms with Crippen molar-refractivity contribution in [3.05, 3.63) is 11.8 Å². The molecule has 28 heavy (non-hydrogen) atoms. The van der Waals surface area contributed by atoms with Crippen LogP contribution in [0.5, 0.6) is 0 Å². The van der Waals surface area contributed by atoms with Crippen LogP contribution in [0.1, 0.15) is 53.4 Å². The van der Waals surface area contributed by atoms with Gasteiger partial charge in [-0.15, -0.1) is 0 Å². The Morgan fingerprint density at radius 2 is 1.89 bits per heavy atom. The maximum atomic E-state index is 13.3. The van der Waals surface area contributed by atoms with Crippen LogP contribution < -0.4 is 5.32 Å². The van der Waals surface area contributed by atoms with Crippen LogP contribution in [0.2, 0.25) is 0 Å². The second kappa shape index (κ2) is 10.7. The van der Waals surface area contributed by atoms with E-state index in [0.717, 1.165) is 0 Å². The first-order valence-corrected chi connectivity index (χ1v) is 10.5. The number of hydrogen-bond acceptors (Lipinski definition) is 4. The van der Waals surface area contributed by atoms with Crippen LogP contribution in [0, 0.1) is 11.8 Å². The van der Waals surface area contributed by atoms with E-state index in [1.807, 2.05) is 13.8 Å². The molecule has 1 aliphatic rings. The fourth-order valence-electron chi connectivity index (χ4n) is 3.12. The first-order valence-electron chi connectivity index (χ1n) is 9.39. The van der Waals surface area contributed by atoms with Crippen LogP contribution >= 0.6 is 34.8 Å². The Labute approximate surface area is 181 Å². The smallest absolute Gasteiger partial charge is 0.257 e. The molecule has 0 aromatic heterocycles. The van der Waals surface area contributed by atoms with Crippen LogP contribution in [-0.4, -0.2) is 45.6 Å². The minimum Gasteiger partial charge on any atom is -0.499 e. The van der Waals surface area contributed by atoms with E-state index in [-0.39, 0.29) is 30.6 Å². The number of carbonyl (C=O) groups excluding carboxylic acids is 3. The number of hydrogen-bond donors (Lipinski definition) is 1. The van der Waals surface area contributed by atoms with Crippen LogP contribution in [0.4, 0.5) is 0 Å². The molecule has 160 valence electrons. The van der Waals surface area contributed by atoms with Gasteiger partial charge in [-0.3, -0.25) is 19.3 Å². The highest BCUT2D eigenvalue weighted by molar-refractivity contribution is 6.67. The first kappa shape index (κ1) is 25.1. The predicted octanol–water partition coefficient (Wildman–Crippen LogP) is 3.98. The number of amides is 3. The summed E-state index contributed by atoms with van der Waals surface area (Å²) >= 11 is 17.5. The summed E-state index contributed by atoms with van der Waals surface area (Å²) in [6.45, 7) is 7.48. The molecule has 1 aliphatic heterocycles. The number of carbonyl (C=O) groups is 3. The van der Waals surface area contributed by atoms with Gasteiger partial charge in [0.2, 0.25) is 5.91 Å². The summed E-state index contributed by atoms with van der Waals surface area (Å²) < 4.78 is 3.86. The molecule has 9 heteroatoms. The largest absolute Gasteiger partial charge is 0.499 e. The highest BCUT2D eigenvalue weighted by Crippen LogP contribution is 2.34. The van der Waals surface area contributed by atoms with Crippen molar-refractivity contribution in [2.24, 2.45) is 11.8 Å². The van der Waals surface area contributed by atoms with E-state index in [1.54, 1.807) is 13.8 Å². The van der Waals surface area contributed by atoms with Crippen LogP contribution in [0.3, 0.4) is 0 Å². The van der Waals surface area contributed by atoms with Gasteiger partial charge in [0.25, 0.3) is 11.8 Å². The summed E-state index contributed by atoms with van der Waals surface area (Å²) in [7, 11) is 1.47. The predicted molar refractivity (Wildman–Crippen MR) is 111 cm³/mol. The number of rotatable bonds is 9. The van der Waals surface area contributed by atoms with Gasteiger partial charge in [0.15, 0.2) is 3.79 Å². The maximum Gasteiger partial charge on any atom is 0.257 e. The maximum absolute atomic E-state index is 13.3. The van der Waals surface area contributed by atoms with E-state index >= 15 is 0 Å². The monoisotopic (exact) mass is 454 g/mol. The summed E-state index contributed by atoms with van der Waals surface area (Å²) in [6.07, 6.45) is 2.71. The Bertz CT molecular complexity index is 617. The molecule has 0 spiro atoms. The van der Waals surface area contributed by atoms with E-state index in [1.165, 1.54) is 18.1 Å². The second-order valence-corrected chi connectivity index (χ2v) is 9.99. The molecule has 3 atom stereocenters. The number of ether oxygens (including phenoxy) is 1. The average Bonchev–Trinajstić information content (AvgIpc) is 2.90. The normalized spacial score (nSPS) is 19.5. The molecular weight excluding hydrogens is 427 g/mol. The number of nitrogens with zero attached hydrogens (tertiary/aromatic N) is 1. The zero-order chi connectivity index (χ0) is 21.6. The van der Waals surface area contributed by atoms with Crippen molar-refractivity contribution in [3.8, 4) is 0 Å². The van der Waals surface area contributed by atoms with Crippen molar-refractivity contribution < 1.29 is 19.1 Å². The third kappa shape index (κ3) is 7.12. The molecule has 0 aliphatic carbocycles. The number of halogens is 3. The Morgan fingerprint density at radius 1 is 1.29 bits per heavy atom. The summed E-state index contributed by atoms with van der Waals surface area (Å²) in [4.78, 5) is 39.1. The molecule has 0 bridgehead atoms. The van der Waals surface area contributed by atoms with Gasteiger partial charge in [-0.25, -0.2) is 0 Å². The lowest BCUT2D eigenvalue weighted by atomic mass is 9.94. The van der Waals surface area contributed by atoms with Gasteiger partial charge in [-0.05, 0) is 31.1 Å². The molecule has 0 aromatic carbocycles. The van der Waals surface area contributed by atoms with Crippen molar-refractivity contribution in [2.75, 3.05) is 7.11 Å². The lowest BCUT2D eigenvalue weighted by Gasteiger charge is -2.32. The van der Waals surface area contributed by atoms with Gasteiger partial charge in [0, 0.05) is 12.5 Å². The van der Waals surface area contributed by atoms with Crippen molar-refractivity contribution in [3.63, 3.8) is 0 Å². The summed E-state index contributed by atoms with van der Waals surface area (Å²) in [6, 6.07) is -1.39. The molecule has 3 amide bonds. The number of alkyl halides is 3. The quantitative estimate of drug-likeness (QED) is 0.534. The summed E-state index contributed by atoms with van der Waals surface area (Å²) in [5.74, 6) is -0.866. The first-order chi connectivity index (χ1) is 12.9. The van der Waals surface area contributed by atoms with Gasteiger partial charge >= 0.3 is 0 Å². The fraction of sp³-hybridized carbons (Fsp3) is 0.737. The Balaban J connectivity index is 3.11. The van der Waals surface area contributed by atoms with Gasteiger partial charge in [0.05, 0.1) is 13.2 Å². The molecule has 0 saturated carbocycles. The topological polar surface area (TPSA) is 75.7 Å². The molecule has 0 radical (unpaired) electrons. The molecule has 3 unspecified atom stereocenters. The molecule has 0 saturated heterocycles. The second-order valence-electron chi connectivity index (χ2n) is 7.47. The standard InChI is InChI=1S/C19H29Cl3N2O4/c1-6-15(25)23-17(12(4)7-8-19(20,21)22)18(27)24-13(9-11(2)3)14(28-5)10-16(24)26/h10-13,17H,6-9H2,1-5H3,(H,23,25). The lowest BCUT2D eigenvalue weighted by molar-refractivity contribution is -0.147. The van der Waals surface area contributed by atoms with Crippen molar-refractivity contribution >= 4 is 52.5 Å². The van der Waals surface area contributed by atoms with E-state index in [9.17, 15) is 14.4 Å². The van der Waals surface area contributed by atoms with E-state index in [4.69, 9.17) is 39.5 Å². The SMILES string of the molecule is CCC(=O)NC(C(=O)N1C(=O)C=C(OC)C1CC(C)C)C(C)CCC(Cl)(Cl)Cl. The molecule has 6 nitrogen and oxygen atoms in total. The minimum atomic E-state index is -1.45. The lowest BCUT2D eigenvalue weighted by Crippen LogP contribution is -2.55.